The van der Waals surface area contributed by atoms with Crippen molar-refractivity contribution in [1.29, 1.82) is 5.26 Å². The number of aromatic nitrogens is 4. The molecule has 15 heteroatoms. The number of tetrazole rings is 1. The van der Waals surface area contributed by atoms with Crippen LogP contribution in [0.1, 0.15) is 74.6 Å². The fourth-order valence-electron chi connectivity index (χ4n) is 4.75. The number of hydrogen-bond donors (Lipinski definition) is 0. The van der Waals surface area contributed by atoms with Crippen LogP contribution in [0.3, 0.4) is 0 Å². The Balaban J connectivity index is 2.32. The molecule has 260 valence electrons. The van der Waals surface area contributed by atoms with Gasteiger partial charge < -0.3 is 14.2 Å². The smallest absolute Gasteiger partial charge is 0.320 e. The van der Waals surface area contributed by atoms with Crippen LogP contribution in [0.15, 0.2) is 0 Å². The molecule has 0 radical (unpaired) electrons. The predicted octanol–water partition coefficient (Wildman–Crippen LogP) is 1.33. The first-order chi connectivity index (χ1) is 21.3. The maximum Gasteiger partial charge on any atom is 0.320 e. The van der Waals surface area contributed by atoms with Gasteiger partial charge in [-0.1, -0.05) is 0 Å². The van der Waals surface area contributed by atoms with Gasteiger partial charge >= 0.3 is 17.9 Å². The van der Waals surface area contributed by atoms with Crippen molar-refractivity contribution in [1.82, 2.24) is 39.8 Å². The highest BCUT2D eigenvalue weighted by Crippen LogP contribution is 2.12. The van der Waals surface area contributed by atoms with E-state index in [-0.39, 0.29) is 44.0 Å². The summed E-state index contributed by atoms with van der Waals surface area (Å²) in [5.74, 6) is -0.358. The van der Waals surface area contributed by atoms with Gasteiger partial charge in [-0.3, -0.25) is 34.0 Å². The number of carbonyl (C=O) groups is 3. The van der Waals surface area contributed by atoms with Crippen molar-refractivity contribution in [3.63, 3.8) is 0 Å². The molecule has 1 fully saturated rings. The van der Waals surface area contributed by atoms with Crippen molar-refractivity contribution in [3.05, 3.63) is 5.82 Å². The number of esters is 3. The zero-order valence-corrected chi connectivity index (χ0v) is 29.4. The van der Waals surface area contributed by atoms with E-state index in [1.807, 2.05) is 77.0 Å². The van der Waals surface area contributed by atoms with Crippen LogP contribution >= 0.6 is 0 Å². The molecule has 0 saturated carbocycles. The summed E-state index contributed by atoms with van der Waals surface area (Å²) in [6.45, 7) is 21.8. The van der Waals surface area contributed by atoms with Crippen LogP contribution in [0.2, 0.25) is 0 Å². The lowest BCUT2D eigenvalue weighted by Gasteiger charge is -2.34. The first-order valence-electron chi connectivity index (χ1n) is 16.0. The van der Waals surface area contributed by atoms with Crippen LogP contribution in [0.5, 0.6) is 0 Å². The maximum atomic E-state index is 12.9. The van der Waals surface area contributed by atoms with Gasteiger partial charge in [-0.05, 0) is 72.7 Å². The Morgan fingerprint density at radius 1 is 0.652 bits per heavy atom. The number of carbonyl (C=O) groups excluding carboxylic acids is 3. The standard InChI is InChI=1S/C31H55N9O6/c1-29(2,3)44-26(41)22-37-15-13-36(21-25-33-34-35-40(25)12-10-11-32)14-16-38(23-27(42)45-30(4,5)6)18-20-39(19-17-37)24-28(43)46-31(7,8)9/h10,12-24H2,1-9H3. The van der Waals surface area contributed by atoms with Gasteiger partial charge in [0.2, 0.25) is 0 Å². The Morgan fingerprint density at radius 2 is 1.00 bits per heavy atom. The van der Waals surface area contributed by atoms with Crippen LogP contribution in [0, 0.1) is 11.3 Å². The quantitative estimate of drug-likeness (QED) is 0.264. The van der Waals surface area contributed by atoms with E-state index >= 15 is 0 Å². The third-order valence-electron chi connectivity index (χ3n) is 6.65. The Kier molecular flexibility index (Phi) is 15.0. The minimum absolute atomic E-state index is 0.0787. The predicted molar refractivity (Wildman–Crippen MR) is 170 cm³/mol. The van der Waals surface area contributed by atoms with Gasteiger partial charge in [-0.25, -0.2) is 4.68 Å². The lowest BCUT2D eigenvalue weighted by Crippen LogP contribution is -2.49. The summed E-state index contributed by atoms with van der Waals surface area (Å²) in [6.07, 6.45) is 0.283. The van der Waals surface area contributed by atoms with E-state index in [0.29, 0.717) is 71.3 Å². The number of nitrogens with zero attached hydrogens (tertiary/aromatic N) is 9. The molecule has 0 spiro atoms. The molecule has 1 saturated heterocycles. The van der Waals surface area contributed by atoms with Crippen LogP contribution < -0.4 is 0 Å². The minimum Gasteiger partial charge on any atom is -0.459 e. The molecule has 0 N–H and O–H groups in total. The lowest BCUT2D eigenvalue weighted by molar-refractivity contribution is -0.158. The van der Waals surface area contributed by atoms with Crippen LogP contribution in [0.25, 0.3) is 0 Å². The molecule has 2 heterocycles. The van der Waals surface area contributed by atoms with Gasteiger partial charge in [-0.15, -0.1) is 5.10 Å². The Labute approximate surface area is 274 Å². The molecular weight excluding hydrogens is 594 g/mol. The van der Waals surface area contributed by atoms with Gasteiger partial charge in [0.25, 0.3) is 0 Å². The first kappa shape index (κ1) is 39.0. The Bertz CT molecular complexity index is 1120. The molecular formula is C31H55N9O6. The molecule has 2 rings (SSSR count). The van der Waals surface area contributed by atoms with Crippen molar-refractivity contribution in [2.24, 2.45) is 0 Å². The molecule has 0 bridgehead atoms. The van der Waals surface area contributed by atoms with E-state index in [0.717, 1.165) is 0 Å². The molecule has 0 unspecified atom stereocenters. The number of hydrogen-bond acceptors (Lipinski definition) is 14. The summed E-state index contributed by atoms with van der Waals surface area (Å²) in [5, 5.41) is 21.1. The van der Waals surface area contributed by atoms with Crippen LogP contribution in [-0.2, 0) is 41.7 Å². The molecule has 0 amide bonds. The Morgan fingerprint density at radius 3 is 1.33 bits per heavy atom. The SMILES string of the molecule is CC(C)(C)OC(=O)CN1CCN(CC(=O)OC(C)(C)C)CCN(Cc2nnnn2CCC#N)CCN(CC(=O)OC(C)(C)C)CC1. The van der Waals surface area contributed by atoms with E-state index in [1.54, 1.807) is 4.68 Å². The highest BCUT2D eigenvalue weighted by molar-refractivity contribution is 5.73. The monoisotopic (exact) mass is 649 g/mol. The largest absolute Gasteiger partial charge is 0.459 e. The van der Waals surface area contributed by atoms with Gasteiger partial charge in [0.1, 0.15) is 16.8 Å². The van der Waals surface area contributed by atoms with E-state index in [1.165, 1.54) is 0 Å². The highest BCUT2D eigenvalue weighted by atomic mass is 16.6. The molecule has 0 aromatic carbocycles. The summed E-state index contributed by atoms with van der Waals surface area (Å²) in [7, 11) is 0. The van der Waals surface area contributed by atoms with Gasteiger partial charge in [0.15, 0.2) is 5.82 Å². The number of ether oxygens (including phenoxy) is 3. The van der Waals surface area contributed by atoms with Crippen molar-refractivity contribution in [2.75, 3.05) is 72.0 Å². The van der Waals surface area contributed by atoms with E-state index in [4.69, 9.17) is 19.5 Å². The van der Waals surface area contributed by atoms with Gasteiger partial charge in [-0.2, -0.15) is 5.26 Å². The third-order valence-corrected chi connectivity index (χ3v) is 6.65. The summed E-state index contributed by atoms with van der Waals surface area (Å²) in [4.78, 5) is 46.8. The topological polar surface area (TPSA) is 159 Å². The molecule has 46 heavy (non-hydrogen) atoms. The third kappa shape index (κ3) is 16.9. The number of aryl methyl sites for hydroxylation is 1. The second kappa shape index (κ2) is 17.7. The summed E-state index contributed by atoms with van der Waals surface area (Å²) in [5.41, 5.74) is -1.85. The summed E-state index contributed by atoms with van der Waals surface area (Å²) in [6, 6.07) is 2.13. The second-order valence-corrected chi connectivity index (χ2v) is 14.6. The first-order valence-corrected chi connectivity index (χ1v) is 16.0. The fraction of sp³-hybridized carbons (Fsp3) is 0.839. The molecule has 0 aliphatic carbocycles. The zero-order chi connectivity index (χ0) is 34.5. The average Bonchev–Trinajstić information content (AvgIpc) is 3.32. The normalized spacial score (nSPS) is 17.4. The molecule has 0 atom stereocenters. The van der Waals surface area contributed by atoms with Gasteiger partial charge in [0, 0.05) is 52.4 Å². The van der Waals surface area contributed by atoms with Crippen molar-refractivity contribution < 1.29 is 28.6 Å². The maximum absolute atomic E-state index is 12.9. The molecule has 1 aliphatic rings. The van der Waals surface area contributed by atoms with Crippen LogP contribution in [-0.4, -0.2) is 147 Å². The molecule has 15 nitrogen and oxygen atoms in total. The van der Waals surface area contributed by atoms with E-state index in [2.05, 4.69) is 26.5 Å². The fourth-order valence-corrected chi connectivity index (χ4v) is 4.75. The lowest BCUT2D eigenvalue weighted by atomic mass is 10.2. The number of nitriles is 1. The van der Waals surface area contributed by atoms with Crippen molar-refractivity contribution in [2.45, 2.75) is 98.6 Å². The Hall–Kier alpha value is -3.19. The molecule has 1 aromatic rings. The zero-order valence-electron chi connectivity index (χ0n) is 29.4. The average molecular weight is 650 g/mol. The van der Waals surface area contributed by atoms with Gasteiger partial charge in [0.05, 0.1) is 45.2 Å². The summed E-state index contributed by atoms with van der Waals surface area (Å²) >= 11 is 0. The van der Waals surface area contributed by atoms with Crippen molar-refractivity contribution >= 4 is 17.9 Å². The van der Waals surface area contributed by atoms with E-state index in [9.17, 15) is 14.4 Å². The molecule has 1 aliphatic heterocycles. The van der Waals surface area contributed by atoms with E-state index < -0.39 is 16.8 Å². The van der Waals surface area contributed by atoms with Crippen LogP contribution in [0.4, 0.5) is 0 Å². The van der Waals surface area contributed by atoms with Crippen molar-refractivity contribution in [3.8, 4) is 6.07 Å². The summed E-state index contributed by atoms with van der Waals surface area (Å²) < 4.78 is 18.5. The number of rotatable bonds is 10. The highest BCUT2D eigenvalue weighted by Gasteiger charge is 2.26. The minimum atomic E-state index is -0.618. The second-order valence-electron chi connectivity index (χ2n) is 14.6. The molecule has 1 aromatic heterocycles.